The lowest BCUT2D eigenvalue weighted by molar-refractivity contribution is -0.141. The second-order valence-electron chi connectivity index (χ2n) is 8.27. The van der Waals surface area contributed by atoms with E-state index in [4.69, 9.17) is 5.11 Å². The van der Waals surface area contributed by atoms with Crippen LogP contribution in [0.3, 0.4) is 0 Å². The minimum absolute atomic E-state index is 0.101. The summed E-state index contributed by atoms with van der Waals surface area (Å²) in [5, 5.41) is 9.14. The fourth-order valence-electron chi connectivity index (χ4n) is 2.48. The van der Waals surface area contributed by atoms with Crippen molar-refractivity contribution in [3.8, 4) is 0 Å². The van der Waals surface area contributed by atoms with Crippen LogP contribution in [0.25, 0.3) is 0 Å². The van der Waals surface area contributed by atoms with Crippen molar-refractivity contribution in [2.24, 2.45) is 5.92 Å². The van der Waals surface area contributed by atoms with Crippen molar-refractivity contribution in [2.45, 2.75) is 78.6 Å². The van der Waals surface area contributed by atoms with Crippen molar-refractivity contribution in [2.75, 3.05) is 0 Å². The summed E-state index contributed by atoms with van der Waals surface area (Å²) in [5.41, 5.74) is 1.58. The van der Waals surface area contributed by atoms with Crippen LogP contribution in [0.2, 0.25) is 0 Å². The molecule has 2 nitrogen and oxygen atoms in total. The van der Waals surface area contributed by atoms with Crippen LogP contribution in [-0.4, -0.2) is 11.1 Å². The molecule has 1 N–H and O–H groups in total. The molecule has 0 saturated carbocycles. The number of carbonyl (C=O) groups is 1. The van der Waals surface area contributed by atoms with Gasteiger partial charge in [0.25, 0.3) is 0 Å². The zero-order chi connectivity index (χ0) is 16.6. The smallest absolute Gasteiger partial charge is 0.306 e. The maximum Gasteiger partial charge on any atom is 0.306 e. The van der Waals surface area contributed by atoms with Gasteiger partial charge in [0.15, 0.2) is 0 Å². The Kier molecular flexibility index (Phi) is 5.31. The Bertz CT molecular complexity index is 500. The molecule has 1 rings (SSSR count). The molecule has 21 heavy (non-hydrogen) atoms. The van der Waals surface area contributed by atoms with E-state index in [0.717, 1.165) is 0 Å². The first kappa shape index (κ1) is 18.2. The fraction of sp³-hybridized carbons (Fsp3) is 0.722. The molecular formula is C18H30O2S. The van der Waals surface area contributed by atoms with E-state index in [0.29, 0.717) is 6.42 Å². The van der Waals surface area contributed by atoms with Crippen LogP contribution < -0.4 is 0 Å². The van der Waals surface area contributed by atoms with Crippen LogP contribution in [0, 0.1) is 5.92 Å². The van der Waals surface area contributed by atoms with E-state index in [1.807, 2.05) is 11.3 Å². The predicted molar refractivity (Wildman–Crippen MR) is 91.6 cm³/mol. The summed E-state index contributed by atoms with van der Waals surface area (Å²) in [7, 11) is 0. The lowest BCUT2D eigenvalue weighted by Crippen LogP contribution is -2.16. The minimum Gasteiger partial charge on any atom is -0.481 e. The third-order valence-electron chi connectivity index (χ3n) is 3.84. The highest BCUT2D eigenvalue weighted by molar-refractivity contribution is 7.12. The summed E-state index contributed by atoms with van der Waals surface area (Å²) in [5.74, 6) is -0.728. The highest BCUT2D eigenvalue weighted by atomic mass is 32.1. The van der Waals surface area contributed by atoms with E-state index in [9.17, 15) is 4.79 Å². The molecule has 2 unspecified atom stereocenters. The molecule has 0 aromatic carbocycles. The van der Waals surface area contributed by atoms with E-state index in [1.54, 1.807) is 6.92 Å². The Morgan fingerprint density at radius 3 is 2.05 bits per heavy atom. The summed E-state index contributed by atoms with van der Waals surface area (Å²) in [6.07, 6.45) is 0.693. The third kappa shape index (κ3) is 4.57. The third-order valence-corrected chi connectivity index (χ3v) is 5.84. The molecule has 0 amide bonds. The monoisotopic (exact) mass is 310 g/mol. The fourth-order valence-corrected chi connectivity index (χ4v) is 3.88. The van der Waals surface area contributed by atoms with Crippen molar-refractivity contribution >= 4 is 17.3 Å². The topological polar surface area (TPSA) is 37.3 Å². The van der Waals surface area contributed by atoms with Crippen LogP contribution >= 0.6 is 11.3 Å². The number of hydrogen-bond acceptors (Lipinski definition) is 2. The number of aliphatic carboxylic acids is 1. The van der Waals surface area contributed by atoms with Gasteiger partial charge in [-0.15, -0.1) is 11.3 Å². The molecule has 1 aromatic rings. The number of carboxylic acids is 1. The Balaban J connectivity index is 3.21. The molecule has 3 heteroatoms. The average Bonchev–Trinajstić information content (AvgIpc) is 2.72. The predicted octanol–water partition coefficient (Wildman–Crippen LogP) is 5.56. The first-order valence-corrected chi connectivity index (χ1v) is 8.53. The van der Waals surface area contributed by atoms with Crippen molar-refractivity contribution < 1.29 is 9.90 Å². The molecule has 0 radical (unpaired) electrons. The first-order chi connectivity index (χ1) is 9.34. The first-order valence-electron chi connectivity index (χ1n) is 7.71. The lowest BCUT2D eigenvalue weighted by atomic mass is 9.83. The van der Waals surface area contributed by atoms with Crippen LogP contribution in [0.4, 0.5) is 0 Å². The van der Waals surface area contributed by atoms with Crippen molar-refractivity contribution in [1.29, 1.82) is 0 Å². The lowest BCUT2D eigenvalue weighted by Gasteiger charge is -2.23. The summed E-state index contributed by atoms with van der Waals surface area (Å²) in [6, 6.07) is 2.31. The van der Waals surface area contributed by atoms with Gasteiger partial charge < -0.3 is 5.11 Å². The summed E-state index contributed by atoms with van der Waals surface area (Å²) in [4.78, 5) is 13.9. The SMILES string of the molecule is CC(CC(C)c1cc(C(C)(C)C)sc1C(C)(C)C)C(=O)O. The molecule has 0 aliphatic carbocycles. The normalized spacial score (nSPS) is 15.8. The Hall–Kier alpha value is -0.830. The standard InChI is InChI=1S/C18H30O2S/c1-11(9-12(2)16(19)20)13-10-14(17(3,4)5)21-15(13)18(6,7)8/h10-12H,9H2,1-8H3,(H,19,20). The van der Waals surface area contributed by atoms with Gasteiger partial charge in [-0.2, -0.15) is 0 Å². The molecule has 0 aliphatic rings. The molecule has 2 atom stereocenters. The maximum absolute atomic E-state index is 11.1. The summed E-state index contributed by atoms with van der Waals surface area (Å²) in [6.45, 7) is 17.4. The number of rotatable bonds is 4. The van der Waals surface area contributed by atoms with Gasteiger partial charge in [0.1, 0.15) is 0 Å². The van der Waals surface area contributed by atoms with E-state index in [1.165, 1.54) is 15.3 Å². The molecule has 0 aliphatic heterocycles. The van der Waals surface area contributed by atoms with Gasteiger partial charge in [0, 0.05) is 9.75 Å². The Labute approximate surface area is 133 Å². The van der Waals surface area contributed by atoms with E-state index < -0.39 is 5.97 Å². The molecule has 1 aromatic heterocycles. The summed E-state index contributed by atoms with van der Waals surface area (Å²) >= 11 is 1.89. The highest BCUT2D eigenvalue weighted by Gasteiger charge is 2.29. The Morgan fingerprint density at radius 1 is 1.14 bits per heavy atom. The second kappa shape index (κ2) is 6.12. The van der Waals surface area contributed by atoms with Crippen molar-refractivity contribution in [1.82, 2.24) is 0 Å². The largest absolute Gasteiger partial charge is 0.481 e. The highest BCUT2D eigenvalue weighted by Crippen LogP contribution is 2.42. The van der Waals surface area contributed by atoms with Gasteiger partial charge in [-0.05, 0) is 34.8 Å². The number of hydrogen-bond donors (Lipinski definition) is 1. The molecule has 0 saturated heterocycles. The van der Waals surface area contributed by atoms with Gasteiger partial charge >= 0.3 is 5.97 Å². The van der Waals surface area contributed by atoms with Gasteiger partial charge in [-0.3, -0.25) is 4.79 Å². The Morgan fingerprint density at radius 2 is 1.67 bits per heavy atom. The minimum atomic E-state index is -0.703. The van der Waals surface area contributed by atoms with Crippen molar-refractivity contribution in [3.63, 3.8) is 0 Å². The van der Waals surface area contributed by atoms with Crippen LogP contribution in [-0.2, 0) is 15.6 Å². The van der Waals surface area contributed by atoms with E-state index in [2.05, 4.69) is 54.5 Å². The average molecular weight is 311 g/mol. The zero-order valence-corrected chi connectivity index (χ0v) is 15.5. The maximum atomic E-state index is 11.1. The molecule has 0 bridgehead atoms. The number of thiophene rings is 1. The zero-order valence-electron chi connectivity index (χ0n) is 14.7. The van der Waals surface area contributed by atoms with Gasteiger partial charge in [-0.1, -0.05) is 55.4 Å². The molecular weight excluding hydrogens is 280 g/mol. The van der Waals surface area contributed by atoms with Gasteiger partial charge in [0.05, 0.1) is 5.92 Å². The second-order valence-corrected chi connectivity index (χ2v) is 9.32. The van der Waals surface area contributed by atoms with Crippen molar-refractivity contribution in [3.05, 3.63) is 21.4 Å². The van der Waals surface area contributed by atoms with E-state index >= 15 is 0 Å². The van der Waals surface area contributed by atoms with E-state index in [-0.39, 0.29) is 22.7 Å². The van der Waals surface area contributed by atoms with Gasteiger partial charge in [0.2, 0.25) is 0 Å². The molecule has 120 valence electrons. The van der Waals surface area contributed by atoms with Crippen LogP contribution in [0.15, 0.2) is 6.07 Å². The molecule has 1 heterocycles. The van der Waals surface area contributed by atoms with Crippen LogP contribution in [0.5, 0.6) is 0 Å². The molecule has 0 fully saturated rings. The van der Waals surface area contributed by atoms with Crippen LogP contribution in [0.1, 0.15) is 83.0 Å². The molecule has 0 spiro atoms. The van der Waals surface area contributed by atoms with Gasteiger partial charge in [-0.25, -0.2) is 0 Å². The quantitative estimate of drug-likeness (QED) is 0.790. The number of carboxylic acid groups (broad SMARTS) is 1. The summed E-state index contributed by atoms with van der Waals surface area (Å²) < 4.78 is 0.